The Balaban J connectivity index is 1.13. The predicted octanol–water partition coefficient (Wildman–Crippen LogP) is 5.78. The maximum atomic E-state index is 12.4. The van der Waals surface area contributed by atoms with E-state index >= 15 is 0 Å². The molecule has 2 N–H and O–H groups in total. The quantitative estimate of drug-likeness (QED) is 0.235. The Morgan fingerprint density at radius 1 is 1.00 bits per heavy atom. The Kier molecular flexibility index (Phi) is 8.18. The van der Waals surface area contributed by atoms with E-state index in [4.69, 9.17) is 14.7 Å². The van der Waals surface area contributed by atoms with E-state index in [1.54, 1.807) is 13.8 Å². The minimum atomic E-state index is -0.527. The van der Waals surface area contributed by atoms with Gasteiger partial charge in [-0.15, -0.1) is 0 Å². The molecule has 1 atom stereocenters. The molecule has 1 aliphatic rings. The highest BCUT2D eigenvalue weighted by Gasteiger charge is 2.27. The first-order valence-corrected chi connectivity index (χ1v) is 14.5. The Bertz CT molecular complexity index is 1630. The fourth-order valence-electron chi connectivity index (χ4n) is 5.69. The summed E-state index contributed by atoms with van der Waals surface area (Å²) in [5, 5.41) is 2.83. The van der Waals surface area contributed by atoms with Gasteiger partial charge in [-0.2, -0.15) is 0 Å². The zero-order chi connectivity index (χ0) is 28.9. The number of carbonyl (C=O) groups is 1. The number of carbonyl (C=O) groups excluding carboxylic acids is 1. The van der Waals surface area contributed by atoms with Gasteiger partial charge in [0.2, 0.25) is 0 Å². The molecular formula is C33H35N7O2. The van der Waals surface area contributed by atoms with E-state index in [0.29, 0.717) is 23.7 Å². The van der Waals surface area contributed by atoms with Gasteiger partial charge < -0.3 is 15.0 Å². The topological polar surface area (TPSA) is 109 Å². The van der Waals surface area contributed by atoms with Crippen LogP contribution in [0, 0.1) is 13.8 Å². The van der Waals surface area contributed by atoms with Crippen molar-refractivity contribution < 1.29 is 9.53 Å². The van der Waals surface area contributed by atoms with Crippen LogP contribution in [-0.4, -0.2) is 42.5 Å². The minimum absolute atomic E-state index is 0.254. The molecule has 0 radical (unpaired) electrons. The number of aromatic amines is 1. The number of nitrogens with zero attached hydrogens (tertiary/aromatic N) is 5. The first-order chi connectivity index (χ1) is 20.5. The zero-order valence-corrected chi connectivity index (χ0v) is 24.0. The smallest absolute Gasteiger partial charge is 0.406 e. The Hall–Kier alpha value is -4.63. The fourth-order valence-corrected chi connectivity index (χ4v) is 5.69. The van der Waals surface area contributed by atoms with Gasteiger partial charge in [0.25, 0.3) is 0 Å². The SMILES string of the molecule is Cc1ncnc(C)c1OC(=O)NCc1ccc(CN(CCc2nc3ccccc3[nH]2)C2CCCc3cccnc32)cc1. The van der Waals surface area contributed by atoms with E-state index in [1.807, 2.05) is 30.5 Å². The summed E-state index contributed by atoms with van der Waals surface area (Å²) in [5.41, 5.74) is 8.07. The number of H-pyrrole nitrogens is 1. The van der Waals surface area contributed by atoms with E-state index in [0.717, 1.165) is 61.2 Å². The van der Waals surface area contributed by atoms with Crippen LogP contribution in [-0.2, 0) is 25.9 Å². The molecule has 6 rings (SSSR count). The van der Waals surface area contributed by atoms with Crippen molar-refractivity contribution in [3.8, 4) is 5.75 Å². The molecule has 0 aliphatic heterocycles. The van der Waals surface area contributed by atoms with Gasteiger partial charge in [0, 0.05) is 32.3 Å². The molecule has 1 amide bonds. The number of pyridine rings is 1. The second-order valence-electron chi connectivity index (χ2n) is 10.8. The lowest BCUT2D eigenvalue weighted by Crippen LogP contribution is -2.33. The van der Waals surface area contributed by atoms with E-state index in [2.05, 4.69) is 61.6 Å². The van der Waals surface area contributed by atoms with Crippen LogP contribution < -0.4 is 10.1 Å². The van der Waals surface area contributed by atoms with Crippen LogP contribution in [0.15, 0.2) is 73.2 Å². The first-order valence-electron chi connectivity index (χ1n) is 14.5. The molecule has 0 bridgehead atoms. The summed E-state index contributed by atoms with van der Waals surface area (Å²) in [5.74, 6) is 1.39. The van der Waals surface area contributed by atoms with Gasteiger partial charge in [-0.25, -0.2) is 19.7 Å². The number of ether oxygens (including phenoxy) is 1. The van der Waals surface area contributed by atoms with E-state index in [9.17, 15) is 4.79 Å². The van der Waals surface area contributed by atoms with Crippen LogP contribution in [0.4, 0.5) is 4.79 Å². The largest absolute Gasteiger partial charge is 0.412 e. The highest BCUT2D eigenvalue weighted by molar-refractivity contribution is 5.74. The van der Waals surface area contributed by atoms with E-state index in [-0.39, 0.29) is 6.04 Å². The molecule has 0 spiro atoms. The molecule has 1 unspecified atom stereocenters. The van der Waals surface area contributed by atoms with Crippen LogP contribution in [0.2, 0.25) is 0 Å². The Morgan fingerprint density at radius 3 is 2.60 bits per heavy atom. The maximum Gasteiger partial charge on any atom is 0.412 e. The Morgan fingerprint density at radius 2 is 1.79 bits per heavy atom. The van der Waals surface area contributed by atoms with Crippen LogP contribution in [0.5, 0.6) is 5.75 Å². The molecule has 2 aromatic carbocycles. The minimum Gasteiger partial charge on any atom is -0.406 e. The highest BCUT2D eigenvalue weighted by atomic mass is 16.6. The van der Waals surface area contributed by atoms with E-state index < -0.39 is 6.09 Å². The number of aromatic nitrogens is 5. The lowest BCUT2D eigenvalue weighted by molar-refractivity contribution is 0.167. The maximum absolute atomic E-state index is 12.4. The molecule has 214 valence electrons. The molecule has 3 heterocycles. The van der Waals surface area contributed by atoms with Gasteiger partial charge >= 0.3 is 6.09 Å². The lowest BCUT2D eigenvalue weighted by Gasteiger charge is -2.35. The number of hydrogen-bond acceptors (Lipinski definition) is 7. The summed E-state index contributed by atoms with van der Waals surface area (Å²) in [6, 6.07) is 21.1. The van der Waals surface area contributed by atoms with Gasteiger partial charge in [-0.1, -0.05) is 42.5 Å². The molecule has 5 aromatic rings. The van der Waals surface area contributed by atoms with Gasteiger partial charge in [0.15, 0.2) is 5.75 Å². The molecule has 1 aliphatic carbocycles. The van der Waals surface area contributed by atoms with Crippen molar-refractivity contribution in [3.05, 3.63) is 113 Å². The monoisotopic (exact) mass is 561 g/mol. The van der Waals surface area contributed by atoms with Crippen molar-refractivity contribution >= 4 is 17.1 Å². The molecule has 42 heavy (non-hydrogen) atoms. The van der Waals surface area contributed by atoms with Crippen molar-refractivity contribution in [2.24, 2.45) is 0 Å². The number of aryl methyl sites for hydroxylation is 3. The molecule has 0 saturated carbocycles. The number of hydrogen-bond donors (Lipinski definition) is 2. The zero-order valence-electron chi connectivity index (χ0n) is 24.0. The summed E-state index contributed by atoms with van der Waals surface area (Å²) in [6.07, 6.45) is 6.98. The summed E-state index contributed by atoms with van der Waals surface area (Å²) in [6.45, 7) is 5.59. The van der Waals surface area contributed by atoms with Gasteiger partial charge in [-0.05, 0) is 68.0 Å². The first kappa shape index (κ1) is 27.5. The molecule has 9 heteroatoms. The van der Waals surface area contributed by atoms with Crippen LogP contribution >= 0.6 is 0 Å². The van der Waals surface area contributed by atoms with Crippen molar-refractivity contribution in [1.82, 2.24) is 35.1 Å². The molecule has 9 nitrogen and oxygen atoms in total. The number of fused-ring (bicyclic) bond motifs is 2. The fraction of sp³-hybridized carbons (Fsp3) is 0.303. The average Bonchev–Trinajstić information content (AvgIpc) is 3.44. The third kappa shape index (κ3) is 6.31. The summed E-state index contributed by atoms with van der Waals surface area (Å²) in [7, 11) is 0. The second kappa shape index (κ2) is 12.5. The van der Waals surface area contributed by atoms with E-state index in [1.165, 1.54) is 23.1 Å². The van der Waals surface area contributed by atoms with Crippen molar-refractivity contribution in [1.29, 1.82) is 0 Å². The molecule has 3 aromatic heterocycles. The molecule has 0 fully saturated rings. The number of rotatable bonds is 9. The van der Waals surface area contributed by atoms with Crippen LogP contribution in [0.1, 0.15) is 58.5 Å². The van der Waals surface area contributed by atoms with Gasteiger partial charge in [0.05, 0.1) is 34.2 Å². The predicted molar refractivity (Wildman–Crippen MR) is 161 cm³/mol. The summed E-state index contributed by atoms with van der Waals surface area (Å²) in [4.78, 5) is 36.3. The third-order valence-electron chi connectivity index (χ3n) is 7.88. The average molecular weight is 562 g/mol. The summed E-state index contributed by atoms with van der Waals surface area (Å²) < 4.78 is 5.46. The van der Waals surface area contributed by atoms with Gasteiger partial charge in [0.1, 0.15) is 12.2 Å². The van der Waals surface area contributed by atoms with Crippen LogP contribution in [0.3, 0.4) is 0 Å². The normalized spacial score (nSPS) is 14.6. The van der Waals surface area contributed by atoms with Crippen molar-refractivity contribution in [3.63, 3.8) is 0 Å². The number of imidazole rings is 1. The number of nitrogens with one attached hydrogen (secondary N) is 2. The second-order valence-corrected chi connectivity index (χ2v) is 10.8. The molecule has 0 saturated heterocycles. The highest BCUT2D eigenvalue weighted by Crippen LogP contribution is 2.34. The van der Waals surface area contributed by atoms with Gasteiger partial charge in [-0.3, -0.25) is 9.88 Å². The Labute approximate surface area is 245 Å². The van der Waals surface area contributed by atoms with Crippen molar-refractivity contribution in [2.75, 3.05) is 6.54 Å². The number of benzene rings is 2. The molecular weight excluding hydrogens is 526 g/mol. The lowest BCUT2D eigenvalue weighted by atomic mass is 9.90. The van der Waals surface area contributed by atoms with Crippen molar-refractivity contribution in [2.45, 2.75) is 58.7 Å². The van der Waals surface area contributed by atoms with Crippen LogP contribution in [0.25, 0.3) is 11.0 Å². The third-order valence-corrected chi connectivity index (χ3v) is 7.88. The number of amides is 1. The standard InChI is InChI=1S/C33H35N7O2/c1-22-32(23(2)37-21-36-22)42-33(41)35-19-24-12-14-25(15-13-24)20-40(29-11-5-7-26-8-6-17-34-31(26)29)18-16-30-38-27-9-3-4-10-28(27)39-30/h3-4,6,8-10,12-15,17,21,29H,5,7,11,16,18-20H2,1-2H3,(H,35,41)(H,38,39). The number of para-hydroxylation sites is 2. The summed E-state index contributed by atoms with van der Waals surface area (Å²) >= 11 is 0.